The van der Waals surface area contributed by atoms with Crippen LogP contribution in [-0.4, -0.2) is 69.1 Å². The van der Waals surface area contributed by atoms with E-state index < -0.39 is 22.2 Å². The molecule has 0 saturated heterocycles. The molecular formula is C22H36N3O4S+. The molecule has 1 aromatic carbocycles. The van der Waals surface area contributed by atoms with E-state index in [9.17, 15) is 18.3 Å². The van der Waals surface area contributed by atoms with E-state index in [1.165, 1.54) is 26.3 Å². The van der Waals surface area contributed by atoms with Gasteiger partial charge in [0.15, 0.2) is 0 Å². The van der Waals surface area contributed by atoms with Gasteiger partial charge in [0, 0.05) is 19.0 Å². The van der Waals surface area contributed by atoms with Crippen LogP contribution in [0.3, 0.4) is 0 Å². The van der Waals surface area contributed by atoms with Gasteiger partial charge in [-0.2, -0.15) is 12.7 Å². The monoisotopic (exact) mass is 438 g/mol. The van der Waals surface area contributed by atoms with Gasteiger partial charge in [-0.1, -0.05) is 44.1 Å². The molecule has 30 heavy (non-hydrogen) atoms. The van der Waals surface area contributed by atoms with Crippen molar-refractivity contribution in [2.45, 2.75) is 51.5 Å². The van der Waals surface area contributed by atoms with Crippen molar-refractivity contribution in [2.24, 2.45) is 0 Å². The molecule has 1 rings (SSSR count). The third-order valence-corrected chi connectivity index (χ3v) is 6.11. The van der Waals surface area contributed by atoms with Crippen LogP contribution in [-0.2, 0) is 15.0 Å². The molecule has 1 unspecified atom stereocenters. The summed E-state index contributed by atoms with van der Waals surface area (Å²) in [6.07, 6.45) is 5.18. The Balaban J connectivity index is 2.88. The van der Waals surface area contributed by atoms with E-state index in [1.807, 2.05) is 27.2 Å². The number of aliphatic carboxylic acids is 1. The van der Waals surface area contributed by atoms with Gasteiger partial charge >= 0.3 is 16.2 Å². The number of likely N-dealkylation sites (N-methyl/N-ethyl adjacent to an activating group) is 2. The largest absolute Gasteiger partial charge is 0.481 e. The maximum Gasteiger partial charge on any atom is 0.305 e. The van der Waals surface area contributed by atoms with Crippen LogP contribution in [0.15, 0.2) is 24.3 Å². The highest BCUT2D eigenvalue weighted by molar-refractivity contribution is 7.90. The second-order valence-corrected chi connectivity index (χ2v) is 10.3. The molecule has 0 spiro atoms. The smallest absolute Gasteiger partial charge is 0.305 e. The zero-order valence-electron chi connectivity index (χ0n) is 18.8. The summed E-state index contributed by atoms with van der Waals surface area (Å²) in [6, 6.07) is 6.26. The summed E-state index contributed by atoms with van der Waals surface area (Å²) in [6.45, 7) is 2.54. The Morgan fingerprint density at radius 2 is 1.93 bits per heavy atom. The van der Waals surface area contributed by atoms with E-state index in [2.05, 4.69) is 23.5 Å². The Hall–Kier alpha value is -2.08. The lowest BCUT2D eigenvalue weighted by atomic mass is 10.1. The Kier molecular flexibility index (Phi) is 10.3. The number of benzene rings is 1. The van der Waals surface area contributed by atoms with E-state index in [-0.39, 0.29) is 6.42 Å². The lowest BCUT2D eigenvalue weighted by molar-refractivity contribution is -0.872. The number of carbonyl (C=O) groups is 1. The number of carboxylic acids is 1. The first kappa shape index (κ1) is 26.0. The minimum absolute atomic E-state index is 0.267. The van der Waals surface area contributed by atoms with Crippen LogP contribution >= 0.6 is 0 Å². The maximum atomic E-state index is 12.9. The van der Waals surface area contributed by atoms with Crippen LogP contribution in [0.25, 0.3) is 0 Å². The number of anilines is 1. The van der Waals surface area contributed by atoms with Gasteiger partial charge in [0.25, 0.3) is 0 Å². The number of hydrogen-bond donors (Lipinski definition) is 2. The summed E-state index contributed by atoms with van der Waals surface area (Å²) in [7, 11) is 3.18. The fourth-order valence-corrected chi connectivity index (χ4v) is 4.13. The molecule has 168 valence electrons. The van der Waals surface area contributed by atoms with E-state index in [0.29, 0.717) is 16.7 Å². The first-order valence-corrected chi connectivity index (χ1v) is 11.8. The third kappa shape index (κ3) is 10.1. The molecular weight excluding hydrogens is 402 g/mol. The van der Waals surface area contributed by atoms with Crippen molar-refractivity contribution < 1.29 is 22.8 Å². The molecule has 8 heteroatoms. The molecule has 2 N–H and O–H groups in total. The number of nitrogens with one attached hydrogen (secondary N) is 1. The number of nitrogens with zero attached hydrogens (tertiary/aromatic N) is 2. The second-order valence-electron chi connectivity index (χ2n) is 8.54. The average Bonchev–Trinajstić information content (AvgIpc) is 2.62. The van der Waals surface area contributed by atoms with Gasteiger partial charge in [0.1, 0.15) is 0 Å². The SMILES string of the molecule is CCCCCCC#Cc1cccc(NS(=O)(=O)N(C)C(CC(=O)O)C[N+](C)(C)C)c1. The van der Waals surface area contributed by atoms with Gasteiger partial charge in [0.2, 0.25) is 0 Å². The van der Waals surface area contributed by atoms with Crippen molar-refractivity contribution in [3.8, 4) is 11.8 Å². The fraction of sp³-hybridized carbons (Fsp3) is 0.591. The highest BCUT2D eigenvalue weighted by Gasteiger charge is 2.32. The highest BCUT2D eigenvalue weighted by Crippen LogP contribution is 2.17. The van der Waals surface area contributed by atoms with Crippen molar-refractivity contribution in [3.63, 3.8) is 0 Å². The maximum absolute atomic E-state index is 12.9. The van der Waals surface area contributed by atoms with Gasteiger partial charge < -0.3 is 9.59 Å². The Labute approximate surface area is 181 Å². The normalized spacial score (nSPS) is 12.9. The lowest BCUT2D eigenvalue weighted by Gasteiger charge is -2.33. The summed E-state index contributed by atoms with van der Waals surface area (Å²) < 4.78 is 29.8. The number of hydrogen-bond acceptors (Lipinski definition) is 3. The topological polar surface area (TPSA) is 86.7 Å². The fourth-order valence-electron chi connectivity index (χ4n) is 3.02. The molecule has 0 heterocycles. The van der Waals surface area contributed by atoms with Gasteiger partial charge in [-0.15, -0.1) is 0 Å². The molecule has 1 aromatic rings. The van der Waals surface area contributed by atoms with Crippen LogP contribution in [0, 0.1) is 11.8 Å². The molecule has 0 aliphatic rings. The van der Waals surface area contributed by atoms with Crippen LogP contribution in [0.5, 0.6) is 0 Å². The van der Waals surface area contributed by atoms with Crippen LogP contribution in [0.4, 0.5) is 5.69 Å². The molecule has 0 fully saturated rings. The van der Waals surface area contributed by atoms with E-state index in [4.69, 9.17) is 0 Å². The standard InChI is InChI=1S/C22H35N3O4S/c1-6-7-8-9-10-11-13-19-14-12-15-20(16-19)23-30(28,29)24(2)21(17-22(26)27)18-25(3,4)5/h12,14-16,21,23H,6-10,17-18H2,1-5H3/p+1. The molecule has 7 nitrogen and oxygen atoms in total. The Morgan fingerprint density at radius 3 is 2.53 bits per heavy atom. The quantitative estimate of drug-likeness (QED) is 0.298. The Morgan fingerprint density at radius 1 is 1.23 bits per heavy atom. The van der Waals surface area contributed by atoms with E-state index >= 15 is 0 Å². The Bertz CT molecular complexity index is 851. The summed E-state index contributed by atoms with van der Waals surface area (Å²) >= 11 is 0. The number of carboxylic acid groups (broad SMARTS) is 1. The van der Waals surface area contributed by atoms with Gasteiger partial charge in [-0.05, 0) is 24.6 Å². The second kappa shape index (κ2) is 11.9. The van der Waals surface area contributed by atoms with E-state index in [0.717, 1.165) is 22.7 Å². The van der Waals surface area contributed by atoms with Crippen molar-refractivity contribution >= 4 is 21.9 Å². The van der Waals surface area contributed by atoms with Crippen molar-refractivity contribution in [1.82, 2.24) is 4.31 Å². The van der Waals surface area contributed by atoms with Crippen molar-refractivity contribution in [3.05, 3.63) is 29.8 Å². The summed E-state index contributed by atoms with van der Waals surface area (Å²) in [5, 5.41) is 9.21. The van der Waals surface area contributed by atoms with Gasteiger partial charge in [0.05, 0.1) is 45.8 Å². The first-order valence-electron chi connectivity index (χ1n) is 10.3. The lowest BCUT2D eigenvalue weighted by Crippen LogP contribution is -2.51. The summed E-state index contributed by atoms with van der Waals surface area (Å²) in [5.74, 6) is 5.18. The molecule has 1 atom stereocenters. The van der Waals surface area contributed by atoms with Crippen molar-refractivity contribution in [2.75, 3.05) is 39.5 Å². The molecule has 0 aliphatic carbocycles. The predicted molar refractivity (Wildman–Crippen MR) is 121 cm³/mol. The van der Waals surface area contributed by atoms with Crippen LogP contribution in [0.2, 0.25) is 0 Å². The zero-order valence-corrected chi connectivity index (χ0v) is 19.6. The number of quaternary nitrogens is 1. The summed E-state index contributed by atoms with van der Waals surface area (Å²) in [4.78, 5) is 11.2. The minimum atomic E-state index is -3.92. The molecule has 0 amide bonds. The van der Waals surface area contributed by atoms with Gasteiger partial charge in [-0.25, -0.2) is 0 Å². The minimum Gasteiger partial charge on any atom is -0.481 e. The van der Waals surface area contributed by atoms with E-state index in [1.54, 1.807) is 18.2 Å². The third-order valence-electron chi connectivity index (χ3n) is 4.56. The molecule has 0 bridgehead atoms. The molecule has 0 aliphatic heterocycles. The summed E-state index contributed by atoms with van der Waals surface area (Å²) in [5.41, 5.74) is 1.14. The molecule has 0 aromatic heterocycles. The van der Waals surface area contributed by atoms with Gasteiger partial charge in [-0.3, -0.25) is 9.52 Å². The first-order chi connectivity index (χ1) is 13.9. The van der Waals surface area contributed by atoms with Crippen LogP contribution in [0.1, 0.15) is 51.0 Å². The van der Waals surface area contributed by atoms with Crippen molar-refractivity contribution in [1.29, 1.82) is 0 Å². The molecule has 0 saturated carbocycles. The van der Waals surface area contributed by atoms with Crippen LogP contribution < -0.4 is 4.72 Å². The number of rotatable bonds is 12. The molecule has 0 radical (unpaired) electrons. The average molecular weight is 439 g/mol. The highest BCUT2D eigenvalue weighted by atomic mass is 32.2. The predicted octanol–water partition coefficient (Wildman–Crippen LogP) is 3.15. The zero-order chi connectivity index (χ0) is 22.8. The number of unbranched alkanes of at least 4 members (excludes halogenated alkanes) is 4.